The minimum absolute atomic E-state index is 0.0579. The van der Waals surface area contributed by atoms with Gasteiger partial charge in [-0.2, -0.15) is 18.3 Å². The smallest absolute Gasteiger partial charge is 0.305 e. The van der Waals surface area contributed by atoms with E-state index in [4.69, 9.17) is 0 Å². The van der Waals surface area contributed by atoms with Gasteiger partial charge in [-0.3, -0.25) is 9.48 Å². The molecule has 0 spiro atoms. The number of allylic oxidation sites excluding steroid dienone is 1. The van der Waals surface area contributed by atoms with Gasteiger partial charge in [0.15, 0.2) is 5.82 Å². The molecule has 7 heteroatoms. The maximum Gasteiger partial charge on any atom is 0.408 e. The number of amides is 1. The van der Waals surface area contributed by atoms with Crippen molar-refractivity contribution in [3.8, 4) is 0 Å². The molecule has 1 N–H and O–H groups in total. The van der Waals surface area contributed by atoms with Crippen LogP contribution in [0.2, 0.25) is 0 Å². The number of hydrogen-bond acceptors (Lipinski definition) is 2. The van der Waals surface area contributed by atoms with Crippen LogP contribution in [0.4, 0.5) is 19.0 Å². The minimum Gasteiger partial charge on any atom is -0.305 e. The average molecular weight is 287 g/mol. The summed E-state index contributed by atoms with van der Waals surface area (Å²) in [5.41, 5.74) is 0.710. The van der Waals surface area contributed by atoms with Crippen LogP contribution in [0.15, 0.2) is 23.9 Å². The zero-order valence-electron chi connectivity index (χ0n) is 11.3. The van der Waals surface area contributed by atoms with Crippen LogP contribution in [-0.4, -0.2) is 21.9 Å². The minimum atomic E-state index is -4.33. The summed E-state index contributed by atoms with van der Waals surface area (Å²) >= 11 is 0. The first-order valence-electron chi connectivity index (χ1n) is 6.34. The van der Waals surface area contributed by atoms with Gasteiger partial charge in [-0.05, 0) is 18.3 Å². The fourth-order valence-electron chi connectivity index (χ4n) is 2.10. The molecule has 1 aliphatic rings. The zero-order valence-corrected chi connectivity index (χ0v) is 11.3. The SMILES string of the molecule is CCC1(C)C=C(C(=O)Nc2ccn(CC(F)(F)F)n2)C1. The summed E-state index contributed by atoms with van der Waals surface area (Å²) in [6.07, 6.45) is 0.388. The van der Waals surface area contributed by atoms with E-state index in [1.807, 2.05) is 13.0 Å². The van der Waals surface area contributed by atoms with E-state index in [9.17, 15) is 18.0 Å². The largest absolute Gasteiger partial charge is 0.408 e. The number of anilines is 1. The second-order valence-corrected chi connectivity index (χ2v) is 5.32. The van der Waals surface area contributed by atoms with E-state index in [2.05, 4.69) is 17.3 Å². The third-order valence-corrected chi connectivity index (χ3v) is 3.44. The van der Waals surface area contributed by atoms with Crippen LogP contribution in [0.3, 0.4) is 0 Å². The third-order valence-electron chi connectivity index (χ3n) is 3.44. The summed E-state index contributed by atoms with van der Waals surface area (Å²) < 4.78 is 37.3. The van der Waals surface area contributed by atoms with Crippen LogP contribution in [0.1, 0.15) is 26.7 Å². The van der Waals surface area contributed by atoms with E-state index in [0.717, 1.165) is 11.1 Å². The molecule has 0 fully saturated rings. The molecular formula is C13H16F3N3O. The predicted molar refractivity (Wildman–Crippen MR) is 68.0 cm³/mol. The van der Waals surface area contributed by atoms with Crippen molar-refractivity contribution in [2.75, 3.05) is 5.32 Å². The summed E-state index contributed by atoms with van der Waals surface area (Å²) in [4.78, 5) is 11.8. The van der Waals surface area contributed by atoms with Gasteiger partial charge >= 0.3 is 6.18 Å². The van der Waals surface area contributed by atoms with Crippen molar-refractivity contribution in [3.63, 3.8) is 0 Å². The van der Waals surface area contributed by atoms with Crippen LogP contribution >= 0.6 is 0 Å². The number of nitrogens with one attached hydrogen (secondary N) is 1. The molecule has 1 aromatic rings. The normalized spacial score (nSPS) is 22.1. The molecule has 0 aliphatic heterocycles. The molecule has 1 aliphatic carbocycles. The molecule has 0 bridgehead atoms. The Morgan fingerprint density at radius 2 is 2.20 bits per heavy atom. The number of aromatic nitrogens is 2. The van der Waals surface area contributed by atoms with Crippen LogP contribution in [0, 0.1) is 5.41 Å². The molecule has 1 heterocycles. The zero-order chi connectivity index (χ0) is 15.0. The Morgan fingerprint density at radius 1 is 1.55 bits per heavy atom. The number of nitrogens with zero attached hydrogens (tertiary/aromatic N) is 2. The average Bonchev–Trinajstić information content (AvgIpc) is 2.69. The lowest BCUT2D eigenvalue weighted by molar-refractivity contribution is -0.142. The number of carbonyl (C=O) groups is 1. The molecule has 4 nitrogen and oxygen atoms in total. The van der Waals surface area contributed by atoms with Crippen molar-refractivity contribution >= 4 is 11.7 Å². The van der Waals surface area contributed by atoms with E-state index in [-0.39, 0.29) is 17.1 Å². The van der Waals surface area contributed by atoms with Crippen LogP contribution in [0.25, 0.3) is 0 Å². The second-order valence-electron chi connectivity index (χ2n) is 5.32. The Morgan fingerprint density at radius 3 is 2.75 bits per heavy atom. The Hall–Kier alpha value is -1.79. The van der Waals surface area contributed by atoms with Gasteiger partial charge < -0.3 is 5.32 Å². The highest BCUT2D eigenvalue weighted by atomic mass is 19.4. The summed E-state index contributed by atoms with van der Waals surface area (Å²) in [6, 6.07) is 1.35. The van der Waals surface area contributed by atoms with Gasteiger partial charge in [-0.15, -0.1) is 0 Å². The lowest BCUT2D eigenvalue weighted by Crippen LogP contribution is -2.30. The van der Waals surface area contributed by atoms with Crippen LogP contribution < -0.4 is 5.32 Å². The van der Waals surface area contributed by atoms with Crippen LogP contribution in [-0.2, 0) is 11.3 Å². The van der Waals surface area contributed by atoms with Crippen molar-refractivity contribution in [1.82, 2.24) is 9.78 Å². The highest BCUT2D eigenvalue weighted by Crippen LogP contribution is 2.41. The highest BCUT2D eigenvalue weighted by molar-refractivity contribution is 6.04. The van der Waals surface area contributed by atoms with E-state index < -0.39 is 12.7 Å². The summed E-state index contributed by atoms with van der Waals surface area (Å²) in [6.45, 7) is 2.94. The topological polar surface area (TPSA) is 46.9 Å². The molecule has 1 atom stereocenters. The molecule has 20 heavy (non-hydrogen) atoms. The molecule has 0 radical (unpaired) electrons. The molecule has 1 aromatic heterocycles. The van der Waals surface area contributed by atoms with Crippen molar-refractivity contribution < 1.29 is 18.0 Å². The Bertz CT molecular complexity index is 547. The van der Waals surface area contributed by atoms with Gasteiger partial charge in [-0.25, -0.2) is 0 Å². The van der Waals surface area contributed by atoms with Gasteiger partial charge in [0, 0.05) is 17.8 Å². The van der Waals surface area contributed by atoms with Crippen LogP contribution in [0.5, 0.6) is 0 Å². The van der Waals surface area contributed by atoms with E-state index in [0.29, 0.717) is 12.0 Å². The van der Waals surface area contributed by atoms with Gasteiger partial charge in [0.1, 0.15) is 6.54 Å². The quantitative estimate of drug-likeness (QED) is 0.924. The molecule has 1 unspecified atom stereocenters. The molecule has 0 aromatic carbocycles. The lowest BCUT2D eigenvalue weighted by Gasteiger charge is -2.34. The van der Waals surface area contributed by atoms with Gasteiger partial charge in [0.05, 0.1) is 0 Å². The molecule has 0 saturated carbocycles. The van der Waals surface area contributed by atoms with Gasteiger partial charge in [-0.1, -0.05) is 19.9 Å². The van der Waals surface area contributed by atoms with E-state index in [1.54, 1.807) is 0 Å². The predicted octanol–water partition coefficient (Wildman–Crippen LogP) is 3.13. The number of carbonyl (C=O) groups excluding carboxylic acids is 1. The summed E-state index contributed by atoms with van der Waals surface area (Å²) in [5, 5.41) is 6.18. The maximum absolute atomic E-state index is 12.2. The number of halogens is 3. The van der Waals surface area contributed by atoms with Gasteiger partial charge in [0.2, 0.25) is 0 Å². The fraction of sp³-hybridized carbons (Fsp3) is 0.538. The van der Waals surface area contributed by atoms with Crippen molar-refractivity contribution in [2.45, 2.75) is 39.4 Å². The lowest BCUT2D eigenvalue weighted by atomic mass is 9.70. The van der Waals surface area contributed by atoms with E-state index >= 15 is 0 Å². The number of hydrogen-bond donors (Lipinski definition) is 1. The molecule has 1 amide bonds. The Balaban J connectivity index is 1.95. The van der Waals surface area contributed by atoms with Gasteiger partial charge in [0.25, 0.3) is 5.91 Å². The number of alkyl halides is 3. The first-order chi connectivity index (χ1) is 9.21. The fourth-order valence-corrected chi connectivity index (χ4v) is 2.10. The second kappa shape index (κ2) is 4.96. The number of rotatable bonds is 4. The van der Waals surface area contributed by atoms with Crippen molar-refractivity contribution in [3.05, 3.63) is 23.9 Å². The first-order valence-corrected chi connectivity index (χ1v) is 6.34. The monoisotopic (exact) mass is 287 g/mol. The molecule has 0 saturated heterocycles. The van der Waals surface area contributed by atoms with Crippen molar-refractivity contribution in [1.29, 1.82) is 0 Å². The van der Waals surface area contributed by atoms with Crippen molar-refractivity contribution in [2.24, 2.45) is 5.41 Å². The highest BCUT2D eigenvalue weighted by Gasteiger charge is 2.33. The summed E-state index contributed by atoms with van der Waals surface area (Å²) in [5.74, 6) is -0.168. The Kier molecular flexibility index (Phi) is 3.62. The Labute approximate surface area is 114 Å². The first kappa shape index (κ1) is 14.6. The summed E-state index contributed by atoms with van der Waals surface area (Å²) in [7, 11) is 0. The van der Waals surface area contributed by atoms with E-state index in [1.165, 1.54) is 12.3 Å². The standard InChI is InChI=1S/C13H16F3N3O/c1-3-12(2)6-9(7-12)11(20)17-10-4-5-19(18-10)8-13(14,15)16/h4-6H,3,7-8H2,1-2H3,(H,17,18,20). The molecular weight excluding hydrogens is 271 g/mol. The maximum atomic E-state index is 12.2. The molecule has 110 valence electrons. The third kappa shape index (κ3) is 3.40. The molecule has 2 rings (SSSR count).